The summed E-state index contributed by atoms with van der Waals surface area (Å²) in [5.74, 6) is -2.43. The molecule has 103 heavy (non-hydrogen) atoms. The predicted octanol–water partition coefficient (Wildman–Crippen LogP) is 20.4. The van der Waals surface area contributed by atoms with Gasteiger partial charge in [-0.2, -0.15) is 0 Å². The Bertz CT molecular complexity index is 4660. The van der Waals surface area contributed by atoms with Crippen LogP contribution in [0.2, 0.25) is 0 Å². The van der Waals surface area contributed by atoms with Crippen LogP contribution in [0.15, 0.2) is 280 Å². The van der Waals surface area contributed by atoms with Gasteiger partial charge in [0.25, 0.3) is 0 Å². The van der Waals surface area contributed by atoms with Crippen molar-refractivity contribution >= 4 is 21.8 Å². The molecule has 6 aromatic heterocycles. The van der Waals surface area contributed by atoms with Gasteiger partial charge in [-0.1, -0.05) is 147 Å². The minimum atomic E-state index is -0.649. The standard InChI is InChI=1S/C16H13N.C15H10N.C12H9F2N.2C12H10N.C11H6F2N.6CN.3Ir/c1-12-6-2-4-8-14(12)16-11-10-13-7-3-5-9-15(13)17-16;1-2-6-12(7-3-1)15-11-10-13-8-4-5-9-14(13)16-15;1-8-6-9(13)7-10(14)12(8)11-4-2-3-5-15-11;2*1-10-5-7-11(8-6-10)12-4-2-3-9-13-12;12-8-4-5-9(10(13)7-8)11-3-1-2-6-14-11;6*1-2;;;/h2-11H,1H3;1-6,8-11H;2-7H,1H3;2*2-7,9H,1H3;1-4,6-7H;;;;;;;;;/q;-1;;9*-1;;;. The summed E-state index contributed by atoms with van der Waals surface area (Å²) in [6.07, 6.45) is 6.72. The maximum atomic E-state index is 13.5. The Kier molecular flexibility index (Phi) is 46.5. The van der Waals surface area contributed by atoms with Crippen LogP contribution in [0.3, 0.4) is 0 Å². The molecule has 6 heterocycles. The van der Waals surface area contributed by atoms with Crippen LogP contribution >= 0.6 is 0 Å². The number of halogens is 4. The van der Waals surface area contributed by atoms with E-state index in [0.29, 0.717) is 22.5 Å². The molecule has 0 spiro atoms. The zero-order valence-electron chi connectivity index (χ0n) is 55.4. The molecule has 0 unspecified atom stereocenters. The Morgan fingerprint density at radius 2 is 0.718 bits per heavy atom. The van der Waals surface area contributed by atoms with Gasteiger partial charge in [-0.25, -0.2) is 13.8 Å². The SMILES string of the molecule is Cc1c[c-]c(-c2ccccn2)cc1.Cc1c[c-]c(-c2ccccn2)cc1.Cc1cc(F)cc(F)c1-c1ccccn1.Cc1ccccc1-c1ccc2ccccc2n1.Fc1c[c-]c(-c2ccccn2)c(F)c1.[C-]#N.[C-]#N.[C-]#N.[C-]#N.[C-]#N.[C-]#N.[Ir].[Ir].[Ir].[c-]1ccccc1-c1ccc2ccccc2n1. The van der Waals surface area contributed by atoms with Gasteiger partial charge in [-0.3, -0.25) is 18.7 Å². The normalized spacial score (nSPS) is 8.89. The fraction of sp³-hybridized carbons (Fsp3) is 0.0476. The van der Waals surface area contributed by atoms with E-state index in [9.17, 15) is 17.6 Å². The molecule has 14 aromatic rings. The van der Waals surface area contributed by atoms with E-state index in [0.717, 1.165) is 68.7 Å². The fourth-order valence-corrected chi connectivity index (χ4v) is 8.90. The van der Waals surface area contributed by atoms with Crippen LogP contribution < -0.4 is 0 Å². The number of rotatable bonds is 6. The summed E-state index contributed by atoms with van der Waals surface area (Å²) in [4.78, 5) is 25.8. The van der Waals surface area contributed by atoms with Crippen molar-refractivity contribution in [1.29, 1.82) is 31.6 Å². The summed E-state index contributed by atoms with van der Waals surface area (Å²) in [5.41, 5.74) is 16.1. The van der Waals surface area contributed by atoms with Gasteiger partial charge in [0.15, 0.2) is 0 Å². The summed E-state index contributed by atoms with van der Waals surface area (Å²) >= 11 is 0. The first-order valence-corrected chi connectivity index (χ1v) is 29.5. The number of aromatic nitrogens is 6. The molecule has 0 atom stereocenters. The number of aryl methyl sites for hydroxylation is 4. The van der Waals surface area contributed by atoms with E-state index in [2.05, 4.69) is 143 Å². The van der Waals surface area contributed by atoms with Crippen molar-refractivity contribution in [1.82, 2.24) is 29.9 Å². The fourth-order valence-electron chi connectivity index (χ4n) is 8.90. The zero-order valence-corrected chi connectivity index (χ0v) is 62.6. The molecule has 0 saturated heterocycles. The molecule has 3 radical (unpaired) electrons. The molecule has 0 aliphatic heterocycles. The number of para-hydroxylation sites is 2. The van der Waals surface area contributed by atoms with Crippen molar-refractivity contribution in [2.24, 2.45) is 0 Å². The average Bonchev–Trinajstić information content (AvgIpc) is 0.831. The number of pyridine rings is 6. The Morgan fingerprint density at radius 1 is 0.311 bits per heavy atom. The third kappa shape index (κ3) is 30.0. The molecule has 19 heteroatoms. The summed E-state index contributed by atoms with van der Waals surface area (Å²) in [6, 6.07) is 91.4. The first-order valence-electron chi connectivity index (χ1n) is 29.5. The molecule has 0 aliphatic rings. The first-order chi connectivity index (χ1) is 48.9. The molecule has 0 aliphatic carbocycles. The molecule has 0 bridgehead atoms. The number of fused-ring (bicyclic) bond motifs is 2. The summed E-state index contributed by atoms with van der Waals surface area (Å²) < 4.78 is 52.2. The third-order valence-electron chi connectivity index (χ3n) is 13.4. The summed E-state index contributed by atoms with van der Waals surface area (Å²) in [5, 5.41) is 39.9. The molecule has 0 amide bonds. The molecule has 0 saturated carbocycles. The van der Waals surface area contributed by atoms with Crippen molar-refractivity contribution in [3.05, 3.63) is 389 Å². The minimum absolute atomic E-state index is 0. The van der Waals surface area contributed by atoms with Crippen LogP contribution in [0.4, 0.5) is 17.6 Å². The van der Waals surface area contributed by atoms with Gasteiger partial charge >= 0.3 is 0 Å². The summed E-state index contributed by atoms with van der Waals surface area (Å²) in [6.45, 7) is 36.4. The zero-order chi connectivity index (χ0) is 73.5. The van der Waals surface area contributed by atoms with Crippen molar-refractivity contribution in [2.75, 3.05) is 0 Å². The van der Waals surface area contributed by atoms with E-state index in [1.54, 1.807) is 68.1 Å². The van der Waals surface area contributed by atoms with E-state index in [4.69, 9.17) is 76.0 Å². The predicted molar refractivity (Wildman–Crippen MR) is 377 cm³/mol. The van der Waals surface area contributed by atoms with Crippen LogP contribution in [0, 0.1) is 146 Å². The van der Waals surface area contributed by atoms with Gasteiger partial charge in [-0.15, -0.1) is 119 Å². The second kappa shape index (κ2) is 52.8. The Labute approximate surface area is 640 Å². The molecule has 12 nitrogen and oxygen atoms in total. The largest absolute Gasteiger partial charge is 0.512 e. The van der Waals surface area contributed by atoms with Crippen molar-refractivity contribution in [3.63, 3.8) is 0 Å². The Hall–Kier alpha value is -12.2. The monoisotopic (exact) mass is 1890 g/mol. The van der Waals surface area contributed by atoms with Crippen molar-refractivity contribution in [2.45, 2.75) is 27.7 Å². The smallest absolute Gasteiger partial charge is 0.135 e. The average molecular weight is 1890 g/mol. The number of hydrogen-bond acceptors (Lipinski definition) is 12. The van der Waals surface area contributed by atoms with E-state index >= 15 is 0 Å². The van der Waals surface area contributed by atoms with Crippen LogP contribution in [0.1, 0.15) is 22.3 Å². The number of nitrogens with zero attached hydrogens (tertiary/aromatic N) is 12. The van der Waals surface area contributed by atoms with E-state index in [-0.39, 0.29) is 65.9 Å². The quantitative estimate of drug-likeness (QED) is 0.112. The number of benzene rings is 8. The number of hydrogen-bond donors (Lipinski definition) is 0. The second-order valence-electron chi connectivity index (χ2n) is 19.9. The topological polar surface area (TPSA) is 220 Å². The molecule has 8 aromatic carbocycles. The van der Waals surface area contributed by atoms with Gasteiger partial charge < -0.3 is 86.0 Å². The molecule has 0 N–H and O–H groups in total. The van der Waals surface area contributed by atoms with Crippen molar-refractivity contribution < 1.29 is 77.9 Å². The van der Waals surface area contributed by atoms with E-state index < -0.39 is 23.3 Å². The van der Waals surface area contributed by atoms with Crippen molar-refractivity contribution in [3.8, 4) is 67.5 Å². The Balaban J connectivity index is 0.00000117. The summed E-state index contributed by atoms with van der Waals surface area (Å²) in [7, 11) is 0. The maximum Gasteiger partial charge on any atom is 0.135 e. The molecular weight excluding hydrogens is 1830 g/mol. The van der Waals surface area contributed by atoms with Gasteiger partial charge in [0.2, 0.25) is 0 Å². The molecule has 0 fully saturated rings. The van der Waals surface area contributed by atoms with Crippen LogP contribution in [-0.4, -0.2) is 29.9 Å². The van der Waals surface area contributed by atoms with E-state index in [1.165, 1.54) is 39.1 Å². The van der Waals surface area contributed by atoms with Gasteiger partial charge in [0.1, 0.15) is 11.6 Å². The minimum Gasteiger partial charge on any atom is -0.512 e. The van der Waals surface area contributed by atoms with Crippen LogP contribution in [-0.2, 0) is 60.3 Å². The maximum absolute atomic E-state index is 13.5. The van der Waals surface area contributed by atoms with Crippen LogP contribution in [0.25, 0.3) is 89.4 Å². The third-order valence-corrected chi connectivity index (χ3v) is 13.4. The Morgan fingerprint density at radius 3 is 1.15 bits per heavy atom. The van der Waals surface area contributed by atoms with E-state index in [1.807, 2.05) is 121 Å². The van der Waals surface area contributed by atoms with Gasteiger partial charge in [0.05, 0.1) is 22.4 Å². The molecule has 519 valence electrons. The molecular formula is C84H58F4Ir3N12-10. The van der Waals surface area contributed by atoms with Crippen LogP contribution in [0.5, 0.6) is 0 Å². The molecule has 14 rings (SSSR count). The van der Waals surface area contributed by atoms with Gasteiger partial charge in [0, 0.05) is 119 Å². The van der Waals surface area contributed by atoms with Gasteiger partial charge in [-0.05, 0) is 108 Å². The second-order valence-corrected chi connectivity index (χ2v) is 19.9. The first kappa shape index (κ1) is 90.8.